The molecule has 0 saturated heterocycles. The lowest BCUT2D eigenvalue weighted by atomic mass is 9.70. The van der Waals surface area contributed by atoms with Crippen molar-refractivity contribution in [2.45, 2.75) is 65.7 Å². The molecule has 1 N–H and O–H groups in total. The molecule has 3 atom stereocenters. The monoisotopic (exact) mass is 411 g/mol. The van der Waals surface area contributed by atoms with Gasteiger partial charge in [-0.1, -0.05) is 13.8 Å². The van der Waals surface area contributed by atoms with Gasteiger partial charge in [-0.3, -0.25) is 4.79 Å². The van der Waals surface area contributed by atoms with Crippen LogP contribution in [0.4, 0.5) is 0 Å². The van der Waals surface area contributed by atoms with Crippen molar-refractivity contribution >= 4 is 21.6 Å². The summed E-state index contributed by atoms with van der Waals surface area (Å²) in [7, 11) is -2.18. The van der Waals surface area contributed by atoms with Crippen LogP contribution in [0.25, 0.3) is 0 Å². The molecule has 4 aliphatic rings. The van der Waals surface area contributed by atoms with Gasteiger partial charge in [0.25, 0.3) is 0 Å². The highest BCUT2D eigenvalue weighted by atomic mass is 32.2. The van der Waals surface area contributed by atoms with Crippen LogP contribution < -0.4 is 0 Å². The van der Waals surface area contributed by atoms with Crippen LogP contribution in [0.1, 0.15) is 65.7 Å². The molecule has 1 aliphatic heterocycles. The van der Waals surface area contributed by atoms with E-state index in [1.165, 1.54) is 24.1 Å². The SMILES string of the molecule is CC1(C)C2CCC1(CS(=O)(=O)[O-])C(=O)C2.CC1C[N+](C)=C2CCCCC2=C1O. The van der Waals surface area contributed by atoms with E-state index in [0.29, 0.717) is 24.5 Å². The average Bonchev–Trinajstić information content (AvgIpc) is 2.93. The molecular formula is C21H33NO5S. The van der Waals surface area contributed by atoms with Crippen molar-refractivity contribution in [2.75, 3.05) is 19.3 Å². The number of nitrogens with zero attached hydrogens (tertiary/aromatic N) is 1. The van der Waals surface area contributed by atoms with Gasteiger partial charge < -0.3 is 9.66 Å². The zero-order valence-corrected chi connectivity index (χ0v) is 18.3. The van der Waals surface area contributed by atoms with Gasteiger partial charge in [-0.15, -0.1) is 0 Å². The van der Waals surface area contributed by atoms with Gasteiger partial charge in [-0.25, -0.2) is 13.0 Å². The predicted molar refractivity (Wildman–Crippen MR) is 106 cm³/mol. The molecule has 3 aliphatic carbocycles. The van der Waals surface area contributed by atoms with Crippen LogP contribution in [-0.4, -0.2) is 53.5 Å². The third kappa shape index (κ3) is 3.56. The van der Waals surface area contributed by atoms with E-state index in [-0.39, 0.29) is 17.1 Å². The molecule has 0 amide bonds. The molecule has 0 aromatic carbocycles. The first-order chi connectivity index (χ1) is 12.9. The molecule has 158 valence electrons. The summed E-state index contributed by atoms with van der Waals surface area (Å²) in [4.78, 5) is 11.8. The molecule has 0 spiro atoms. The summed E-state index contributed by atoms with van der Waals surface area (Å²) in [6, 6.07) is 0. The van der Waals surface area contributed by atoms with Gasteiger partial charge in [0.05, 0.1) is 27.4 Å². The van der Waals surface area contributed by atoms with Crippen molar-refractivity contribution in [1.29, 1.82) is 0 Å². The zero-order valence-electron chi connectivity index (χ0n) is 17.5. The number of hydrogen-bond acceptors (Lipinski definition) is 5. The zero-order chi connectivity index (χ0) is 20.9. The fourth-order valence-corrected chi connectivity index (χ4v) is 7.18. The molecule has 0 radical (unpaired) electrons. The number of allylic oxidation sites excluding steroid dienone is 1. The van der Waals surface area contributed by atoms with E-state index in [4.69, 9.17) is 0 Å². The van der Waals surface area contributed by atoms with Gasteiger partial charge in [0, 0.05) is 18.3 Å². The van der Waals surface area contributed by atoms with E-state index >= 15 is 0 Å². The van der Waals surface area contributed by atoms with Gasteiger partial charge in [0.15, 0.2) is 12.3 Å². The van der Waals surface area contributed by atoms with Gasteiger partial charge >= 0.3 is 0 Å². The van der Waals surface area contributed by atoms with Gasteiger partial charge in [-0.2, -0.15) is 0 Å². The fraction of sp³-hybridized carbons (Fsp3) is 0.810. The predicted octanol–water partition coefficient (Wildman–Crippen LogP) is 3.03. The highest BCUT2D eigenvalue weighted by Gasteiger charge is 2.64. The lowest BCUT2D eigenvalue weighted by Gasteiger charge is -2.37. The molecule has 3 fully saturated rings. The van der Waals surface area contributed by atoms with Crippen molar-refractivity contribution in [3.8, 4) is 0 Å². The number of aliphatic hydroxyl groups excluding tert-OH is 1. The number of carbonyl (C=O) groups is 1. The Morgan fingerprint density at radius 1 is 1.25 bits per heavy atom. The summed E-state index contributed by atoms with van der Waals surface area (Å²) in [5.74, 6) is 0.701. The summed E-state index contributed by atoms with van der Waals surface area (Å²) < 4.78 is 35.0. The second kappa shape index (κ2) is 7.24. The maximum atomic E-state index is 11.8. The summed E-state index contributed by atoms with van der Waals surface area (Å²) in [6.07, 6.45) is 6.63. The van der Waals surface area contributed by atoms with E-state index in [9.17, 15) is 22.9 Å². The van der Waals surface area contributed by atoms with Gasteiger partial charge in [0.2, 0.25) is 0 Å². The van der Waals surface area contributed by atoms with E-state index in [2.05, 4.69) is 18.5 Å². The van der Waals surface area contributed by atoms with Crippen molar-refractivity contribution in [3.63, 3.8) is 0 Å². The third-order valence-corrected chi connectivity index (χ3v) is 8.63. The van der Waals surface area contributed by atoms with Crippen molar-refractivity contribution in [2.24, 2.45) is 22.7 Å². The largest absolute Gasteiger partial charge is 0.748 e. The molecule has 0 aromatic heterocycles. The molecule has 3 saturated carbocycles. The van der Waals surface area contributed by atoms with E-state index in [1.54, 1.807) is 0 Å². The third-order valence-electron chi connectivity index (χ3n) is 7.79. The topological polar surface area (TPSA) is 97.5 Å². The minimum atomic E-state index is -4.33. The maximum absolute atomic E-state index is 11.8. The molecular weight excluding hydrogens is 378 g/mol. The van der Waals surface area contributed by atoms with Gasteiger partial charge in [-0.05, 0) is 50.4 Å². The Labute approximate surface area is 168 Å². The minimum absolute atomic E-state index is 0.0248. The molecule has 7 heteroatoms. The Kier molecular flexibility index (Phi) is 5.56. The standard InChI is InChI=1S/C11H17NO.C10H16O4S/c1-8-7-12(2)10-6-4-3-5-9(10)11(8)13;1-9(2)7-3-4-10(9,8(11)5-7)6-15(12,13)14/h8H,3-7H2,1-2H3;7H,3-6H2,1-2H3,(H,12,13,14). The average molecular weight is 412 g/mol. The van der Waals surface area contributed by atoms with Crippen molar-refractivity contribution in [3.05, 3.63) is 11.3 Å². The highest BCUT2D eigenvalue weighted by Crippen LogP contribution is 2.64. The fourth-order valence-electron chi connectivity index (χ4n) is 5.90. The van der Waals surface area contributed by atoms with Crippen LogP contribution in [0.2, 0.25) is 0 Å². The van der Waals surface area contributed by atoms with Crippen LogP contribution in [-0.2, 0) is 14.9 Å². The summed E-state index contributed by atoms with van der Waals surface area (Å²) in [5, 5.41) is 9.92. The maximum Gasteiger partial charge on any atom is 0.182 e. The minimum Gasteiger partial charge on any atom is -0.748 e. The Morgan fingerprint density at radius 2 is 1.89 bits per heavy atom. The Bertz CT molecular complexity index is 839. The lowest BCUT2D eigenvalue weighted by Crippen LogP contribution is -2.42. The molecule has 0 aromatic rings. The smallest absolute Gasteiger partial charge is 0.182 e. The van der Waals surface area contributed by atoms with E-state index < -0.39 is 21.3 Å². The summed E-state index contributed by atoms with van der Waals surface area (Å²) >= 11 is 0. The van der Waals surface area contributed by atoms with Gasteiger partial charge in [0.1, 0.15) is 18.6 Å². The number of aliphatic hydroxyl groups is 1. The molecule has 1 heterocycles. The number of Topliss-reactive ketones (excluding diaryl/α,β-unsaturated/α-hetero) is 1. The first-order valence-corrected chi connectivity index (χ1v) is 11.9. The molecule has 3 unspecified atom stereocenters. The van der Waals surface area contributed by atoms with Crippen LogP contribution in [0.5, 0.6) is 0 Å². The normalized spacial score (nSPS) is 34.2. The van der Waals surface area contributed by atoms with E-state index in [0.717, 1.165) is 25.8 Å². The first kappa shape index (κ1) is 21.5. The Balaban J connectivity index is 0.000000162. The number of hydrogen-bond donors (Lipinski definition) is 1. The quantitative estimate of drug-likeness (QED) is 0.556. The number of carbonyl (C=O) groups excluding carboxylic acids is 1. The second-order valence-corrected chi connectivity index (χ2v) is 11.1. The van der Waals surface area contributed by atoms with Crippen LogP contribution in [0.3, 0.4) is 0 Å². The van der Waals surface area contributed by atoms with Crippen LogP contribution in [0, 0.1) is 22.7 Å². The van der Waals surface area contributed by atoms with Crippen molar-refractivity contribution < 1.29 is 27.4 Å². The van der Waals surface area contributed by atoms with Crippen LogP contribution >= 0.6 is 0 Å². The molecule has 4 rings (SSSR count). The highest BCUT2D eigenvalue weighted by molar-refractivity contribution is 7.85. The molecule has 6 nitrogen and oxygen atoms in total. The number of rotatable bonds is 2. The Hall–Kier alpha value is -1.21. The van der Waals surface area contributed by atoms with Crippen molar-refractivity contribution in [1.82, 2.24) is 0 Å². The van der Waals surface area contributed by atoms with E-state index in [1.807, 2.05) is 13.8 Å². The number of fused-ring (bicyclic) bond motifs is 3. The Morgan fingerprint density at radius 3 is 2.43 bits per heavy atom. The van der Waals surface area contributed by atoms with Crippen LogP contribution in [0.15, 0.2) is 11.3 Å². The summed E-state index contributed by atoms with van der Waals surface area (Å²) in [6.45, 7) is 6.91. The lowest BCUT2D eigenvalue weighted by molar-refractivity contribution is -0.506. The molecule has 28 heavy (non-hydrogen) atoms. The molecule has 2 bridgehead atoms. The summed E-state index contributed by atoms with van der Waals surface area (Å²) in [5.41, 5.74) is 1.41. The first-order valence-electron chi connectivity index (χ1n) is 10.4. The number of ketones is 1. The second-order valence-electron chi connectivity index (χ2n) is 9.67.